The van der Waals surface area contributed by atoms with Crippen LogP contribution in [0, 0.1) is 0 Å². The standard InChI is InChI=1S/C23H28N4O/c1-3-27-15-13-24-23(27)17-26-14-5-6-19(16-26)22-8-4-7-21(25-22)18-9-11-20(28-2)12-10-18/h4,7-13,15,19H,3,5-6,14,16-17H2,1-2H3. The fraction of sp³-hybridized carbons (Fsp3) is 0.391. The third-order valence-corrected chi connectivity index (χ3v) is 5.59. The van der Waals surface area contributed by atoms with E-state index in [1.807, 2.05) is 18.3 Å². The van der Waals surface area contributed by atoms with Crippen LogP contribution in [0.3, 0.4) is 0 Å². The Morgan fingerprint density at radius 1 is 1.14 bits per heavy atom. The van der Waals surface area contributed by atoms with E-state index in [2.05, 4.69) is 57.9 Å². The summed E-state index contributed by atoms with van der Waals surface area (Å²) >= 11 is 0. The first-order valence-corrected chi connectivity index (χ1v) is 10.1. The number of aryl methyl sites for hydroxylation is 1. The van der Waals surface area contributed by atoms with Crippen LogP contribution in [0.25, 0.3) is 11.3 Å². The summed E-state index contributed by atoms with van der Waals surface area (Å²) in [6.45, 7) is 6.22. The van der Waals surface area contributed by atoms with Crippen molar-refractivity contribution in [3.05, 3.63) is 66.4 Å². The van der Waals surface area contributed by atoms with Gasteiger partial charge in [-0.05, 0) is 62.7 Å². The van der Waals surface area contributed by atoms with Crippen LogP contribution in [-0.2, 0) is 13.1 Å². The van der Waals surface area contributed by atoms with Gasteiger partial charge in [0.2, 0.25) is 0 Å². The van der Waals surface area contributed by atoms with Crippen molar-refractivity contribution in [3.63, 3.8) is 0 Å². The minimum atomic E-state index is 0.469. The number of methoxy groups -OCH3 is 1. The van der Waals surface area contributed by atoms with E-state index in [0.29, 0.717) is 5.92 Å². The van der Waals surface area contributed by atoms with Gasteiger partial charge in [-0.2, -0.15) is 0 Å². The van der Waals surface area contributed by atoms with Gasteiger partial charge in [-0.3, -0.25) is 9.88 Å². The Kier molecular flexibility index (Phi) is 5.72. The van der Waals surface area contributed by atoms with Crippen LogP contribution in [0.4, 0.5) is 0 Å². The highest BCUT2D eigenvalue weighted by Gasteiger charge is 2.23. The van der Waals surface area contributed by atoms with Gasteiger partial charge in [0.25, 0.3) is 0 Å². The second-order valence-electron chi connectivity index (χ2n) is 7.38. The Balaban J connectivity index is 1.49. The molecule has 1 aliphatic heterocycles. The summed E-state index contributed by atoms with van der Waals surface area (Å²) in [5, 5.41) is 0. The van der Waals surface area contributed by atoms with Crippen molar-refractivity contribution < 1.29 is 4.74 Å². The van der Waals surface area contributed by atoms with Gasteiger partial charge < -0.3 is 9.30 Å². The lowest BCUT2D eigenvalue weighted by Gasteiger charge is -2.32. The first-order valence-electron chi connectivity index (χ1n) is 10.1. The Hall–Kier alpha value is -2.66. The molecule has 0 saturated carbocycles. The molecule has 1 unspecified atom stereocenters. The highest BCUT2D eigenvalue weighted by atomic mass is 16.5. The van der Waals surface area contributed by atoms with E-state index in [4.69, 9.17) is 9.72 Å². The number of benzene rings is 1. The van der Waals surface area contributed by atoms with Crippen molar-refractivity contribution >= 4 is 0 Å². The van der Waals surface area contributed by atoms with Crippen LogP contribution in [0.15, 0.2) is 54.9 Å². The lowest BCUT2D eigenvalue weighted by molar-refractivity contribution is 0.192. The second-order valence-corrected chi connectivity index (χ2v) is 7.38. The average Bonchev–Trinajstić information content (AvgIpc) is 3.21. The van der Waals surface area contributed by atoms with Crippen molar-refractivity contribution in [3.8, 4) is 17.0 Å². The molecule has 1 saturated heterocycles. The molecule has 1 fully saturated rings. The summed E-state index contributed by atoms with van der Waals surface area (Å²) in [6.07, 6.45) is 6.36. The lowest BCUT2D eigenvalue weighted by Crippen LogP contribution is -2.35. The number of rotatable bonds is 6. The molecule has 0 aliphatic carbocycles. The molecular weight excluding hydrogens is 348 g/mol. The summed E-state index contributed by atoms with van der Waals surface area (Å²) in [6, 6.07) is 14.5. The zero-order valence-corrected chi connectivity index (χ0v) is 16.7. The molecule has 3 aromatic rings. The maximum Gasteiger partial charge on any atom is 0.122 e. The van der Waals surface area contributed by atoms with E-state index in [1.54, 1.807) is 7.11 Å². The highest BCUT2D eigenvalue weighted by molar-refractivity contribution is 5.60. The normalized spacial score (nSPS) is 17.6. The Morgan fingerprint density at radius 2 is 2.00 bits per heavy atom. The Bertz CT molecular complexity index is 903. The summed E-state index contributed by atoms with van der Waals surface area (Å²) in [4.78, 5) is 12.1. The number of pyridine rings is 1. The van der Waals surface area contributed by atoms with Crippen LogP contribution in [0.5, 0.6) is 5.75 Å². The van der Waals surface area contributed by atoms with E-state index in [9.17, 15) is 0 Å². The summed E-state index contributed by atoms with van der Waals surface area (Å²) in [5.74, 6) is 2.49. The molecule has 3 heterocycles. The summed E-state index contributed by atoms with van der Waals surface area (Å²) < 4.78 is 7.49. The molecule has 0 radical (unpaired) electrons. The van der Waals surface area contributed by atoms with Gasteiger partial charge in [0, 0.05) is 42.7 Å². The fourth-order valence-corrected chi connectivity index (χ4v) is 4.02. The molecule has 0 bridgehead atoms. The number of aromatic nitrogens is 3. The first kappa shape index (κ1) is 18.7. The lowest BCUT2D eigenvalue weighted by atomic mass is 9.94. The first-order chi connectivity index (χ1) is 13.8. The zero-order valence-electron chi connectivity index (χ0n) is 16.7. The number of nitrogens with zero attached hydrogens (tertiary/aromatic N) is 4. The largest absolute Gasteiger partial charge is 0.497 e. The van der Waals surface area contributed by atoms with E-state index in [-0.39, 0.29) is 0 Å². The molecule has 4 rings (SSSR count). The van der Waals surface area contributed by atoms with Crippen molar-refractivity contribution in [2.45, 2.75) is 38.8 Å². The SMILES string of the molecule is CCn1ccnc1CN1CCCC(c2cccc(-c3ccc(OC)cc3)n2)C1. The van der Waals surface area contributed by atoms with Gasteiger partial charge in [0.1, 0.15) is 11.6 Å². The van der Waals surface area contributed by atoms with Gasteiger partial charge in [-0.15, -0.1) is 0 Å². The van der Waals surface area contributed by atoms with Crippen molar-refractivity contribution in [1.82, 2.24) is 19.4 Å². The van der Waals surface area contributed by atoms with Crippen LogP contribution >= 0.6 is 0 Å². The topological polar surface area (TPSA) is 43.2 Å². The van der Waals surface area contributed by atoms with Crippen LogP contribution < -0.4 is 4.74 Å². The van der Waals surface area contributed by atoms with Crippen molar-refractivity contribution in [2.24, 2.45) is 0 Å². The number of hydrogen-bond acceptors (Lipinski definition) is 4. The molecule has 2 aromatic heterocycles. The predicted molar refractivity (Wildman–Crippen MR) is 111 cm³/mol. The van der Waals surface area contributed by atoms with Gasteiger partial charge >= 0.3 is 0 Å². The van der Waals surface area contributed by atoms with Gasteiger partial charge in [-0.25, -0.2) is 4.98 Å². The Labute approximate surface area is 167 Å². The van der Waals surface area contributed by atoms with Crippen molar-refractivity contribution in [2.75, 3.05) is 20.2 Å². The molecule has 1 aliphatic rings. The predicted octanol–water partition coefficient (Wildman–Crippen LogP) is 4.35. The minimum absolute atomic E-state index is 0.469. The van der Waals surface area contributed by atoms with E-state index < -0.39 is 0 Å². The minimum Gasteiger partial charge on any atom is -0.497 e. The van der Waals surface area contributed by atoms with E-state index in [0.717, 1.165) is 49.0 Å². The van der Waals surface area contributed by atoms with Gasteiger partial charge in [0.05, 0.1) is 19.3 Å². The van der Waals surface area contributed by atoms with Gasteiger partial charge in [-0.1, -0.05) is 6.07 Å². The number of piperidine rings is 1. The number of ether oxygens (including phenoxy) is 1. The molecule has 5 heteroatoms. The summed E-state index contributed by atoms with van der Waals surface area (Å²) in [7, 11) is 1.69. The molecule has 0 N–H and O–H groups in total. The van der Waals surface area contributed by atoms with E-state index >= 15 is 0 Å². The molecule has 0 spiro atoms. The van der Waals surface area contributed by atoms with E-state index in [1.165, 1.54) is 18.5 Å². The van der Waals surface area contributed by atoms with Crippen LogP contribution in [0.1, 0.15) is 37.2 Å². The van der Waals surface area contributed by atoms with Crippen LogP contribution in [0.2, 0.25) is 0 Å². The third kappa shape index (κ3) is 4.09. The highest BCUT2D eigenvalue weighted by Crippen LogP contribution is 2.28. The monoisotopic (exact) mass is 376 g/mol. The number of likely N-dealkylation sites (tertiary alicyclic amines) is 1. The molecule has 0 amide bonds. The molecule has 28 heavy (non-hydrogen) atoms. The number of imidazole rings is 1. The molecule has 146 valence electrons. The second kappa shape index (κ2) is 8.57. The zero-order chi connectivity index (χ0) is 19.3. The maximum atomic E-state index is 5.26. The average molecular weight is 377 g/mol. The molecule has 1 aromatic carbocycles. The molecule has 1 atom stereocenters. The van der Waals surface area contributed by atoms with Gasteiger partial charge in [0.15, 0.2) is 0 Å². The summed E-state index contributed by atoms with van der Waals surface area (Å²) in [5.41, 5.74) is 3.34. The maximum absolute atomic E-state index is 5.26. The van der Waals surface area contributed by atoms with Crippen LogP contribution in [-0.4, -0.2) is 39.6 Å². The molecular formula is C23H28N4O. The quantitative estimate of drug-likeness (QED) is 0.641. The Morgan fingerprint density at radius 3 is 2.79 bits per heavy atom. The molecule has 5 nitrogen and oxygen atoms in total. The third-order valence-electron chi connectivity index (χ3n) is 5.59. The van der Waals surface area contributed by atoms with Crippen molar-refractivity contribution in [1.29, 1.82) is 0 Å². The number of hydrogen-bond donors (Lipinski definition) is 0. The fourth-order valence-electron chi connectivity index (χ4n) is 4.02. The smallest absolute Gasteiger partial charge is 0.122 e.